The number of hydrogen-bond acceptors (Lipinski definition) is 5. The fourth-order valence-corrected chi connectivity index (χ4v) is 4.93. The third-order valence-corrected chi connectivity index (χ3v) is 7.26. The van der Waals surface area contributed by atoms with Crippen molar-refractivity contribution in [2.45, 2.75) is 23.8 Å². The molecule has 2 N–H and O–H groups in total. The minimum Gasteiger partial charge on any atom is -0.326 e. The Hall–Kier alpha value is -3.62. The molecule has 1 saturated carbocycles. The maximum absolute atomic E-state index is 12.7. The van der Waals surface area contributed by atoms with Crippen molar-refractivity contribution in [3.05, 3.63) is 96.6 Å². The molecule has 33 heavy (non-hydrogen) atoms. The van der Waals surface area contributed by atoms with Gasteiger partial charge in [-0.2, -0.15) is 0 Å². The fraction of sp³-hybridized carbons (Fsp3) is 0.160. The summed E-state index contributed by atoms with van der Waals surface area (Å²) in [5.74, 6) is -0.0534. The summed E-state index contributed by atoms with van der Waals surface area (Å²) in [6.45, 7) is 0.175. The zero-order valence-electron chi connectivity index (χ0n) is 17.7. The number of pyridine rings is 2. The Balaban J connectivity index is 1.20. The van der Waals surface area contributed by atoms with E-state index in [-0.39, 0.29) is 29.2 Å². The van der Waals surface area contributed by atoms with Gasteiger partial charge in [0.2, 0.25) is 15.9 Å². The molecule has 5 rings (SSSR count). The first-order valence-electron chi connectivity index (χ1n) is 10.6. The van der Waals surface area contributed by atoms with E-state index in [1.165, 1.54) is 0 Å². The number of amides is 1. The van der Waals surface area contributed by atoms with Crippen molar-refractivity contribution < 1.29 is 13.2 Å². The van der Waals surface area contributed by atoms with Crippen LogP contribution >= 0.6 is 0 Å². The van der Waals surface area contributed by atoms with Crippen LogP contribution in [0.25, 0.3) is 10.8 Å². The predicted octanol–water partition coefficient (Wildman–Crippen LogP) is 3.85. The Morgan fingerprint density at radius 1 is 0.939 bits per heavy atom. The van der Waals surface area contributed by atoms with Crippen LogP contribution in [0.4, 0.5) is 5.69 Å². The molecule has 1 fully saturated rings. The van der Waals surface area contributed by atoms with Crippen LogP contribution in [-0.4, -0.2) is 24.3 Å². The molecule has 2 unspecified atom stereocenters. The summed E-state index contributed by atoms with van der Waals surface area (Å²) in [4.78, 5) is 21.0. The van der Waals surface area contributed by atoms with E-state index < -0.39 is 10.0 Å². The van der Waals surface area contributed by atoms with E-state index in [4.69, 9.17) is 0 Å². The number of aromatic nitrogens is 2. The Morgan fingerprint density at radius 2 is 1.76 bits per heavy atom. The number of hydrogen-bond donors (Lipinski definition) is 2. The molecule has 2 atom stereocenters. The molecule has 0 radical (unpaired) electrons. The van der Waals surface area contributed by atoms with Gasteiger partial charge in [0.25, 0.3) is 0 Å². The van der Waals surface area contributed by atoms with Crippen LogP contribution in [0, 0.1) is 5.92 Å². The molecule has 1 aliphatic carbocycles. The van der Waals surface area contributed by atoms with Crippen LogP contribution < -0.4 is 10.0 Å². The van der Waals surface area contributed by atoms with Crippen LogP contribution in [0.15, 0.2) is 90.3 Å². The smallest absolute Gasteiger partial charge is 0.240 e. The second kappa shape index (κ2) is 8.73. The second-order valence-corrected chi connectivity index (χ2v) is 9.90. The van der Waals surface area contributed by atoms with Crippen molar-refractivity contribution in [1.29, 1.82) is 0 Å². The van der Waals surface area contributed by atoms with Crippen molar-refractivity contribution in [3.63, 3.8) is 0 Å². The molecular formula is C25H22N4O3S. The second-order valence-electron chi connectivity index (χ2n) is 8.13. The summed E-state index contributed by atoms with van der Waals surface area (Å²) in [7, 11) is -3.63. The Morgan fingerprint density at radius 3 is 2.55 bits per heavy atom. The van der Waals surface area contributed by atoms with E-state index in [1.54, 1.807) is 55.1 Å². The van der Waals surface area contributed by atoms with Gasteiger partial charge in [-0.15, -0.1) is 0 Å². The maximum Gasteiger partial charge on any atom is 0.240 e. The van der Waals surface area contributed by atoms with E-state index in [0.717, 1.165) is 34.0 Å². The van der Waals surface area contributed by atoms with Gasteiger partial charge in [-0.3, -0.25) is 14.8 Å². The summed E-state index contributed by atoms with van der Waals surface area (Å²) in [6.07, 6.45) is 7.52. The molecule has 0 saturated heterocycles. The summed E-state index contributed by atoms with van der Waals surface area (Å²) in [6, 6.07) is 18.0. The SMILES string of the molecule is O=C(Nc1ccc2cnccc2c1)C1CC1c1ccc(S(=O)(=O)NCc2cccnc2)cc1. The van der Waals surface area contributed by atoms with Crippen molar-refractivity contribution >= 4 is 32.4 Å². The van der Waals surface area contributed by atoms with Crippen molar-refractivity contribution in [2.75, 3.05) is 5.32 Å². The van der Waals surface area contributed by atoms with E-state index in [2.05, 4.69) is 20.0 Å². The fourth-order valence-electron chi connectivity index (χ4n) is 3.91. The lowest BCUT2D eigenvalue weighted by atomic mass is 10.1. The maximum atomic E-state index is 12.7. The Kier molecular flexibility index (Phi) is 5.62. The van der Waals surface area contributed by atoms with E-state index >= 15 is 0 Å². The number of rotatable bonds is 7. The number of sulfonamides is 1. The average Bonchev–Trinajstić information content (AvgIpc) is 3.65. The van der Waals surface area contributed by atoms with Crippen LogP contribution in [0.1, 0.15) is 23.5 Å². The van der Waals surface area contributed by atoms with Crippen LogP contribution in [0.3, 0.4) is 0 Å². The van der Waals surface area contributed by atoms with E-state index in [1.807, 2.05) is 30.3 Å². The third-order valence-electron chi connectivity index (χ3n) is 5.84. The Bertz CT molecular complexity index is 1410. The van der Waals surface area contributed by atoms with Gasteiger partial charge in [0.15, 0.2) is 0 Å². The zero-order chi connectivity index (χ0) is 22.8. The summed E-state index contributed by atoms with van der Waals surface area (Å²) < 4.78 is 27.7. The molecule has 0 spiro atoms. The minimum atomic E-state index is -3.63. The predicted molar refractivity (Wildman–Crippen MR) is 126 cm³/mol. The first kappa shape index (κ1) is 21.2. The van der Waals surface area contributed by atoms with Gasteiger partial charge in [-0.05, 0) is 65.3 Å². The first-order chi connectivity index (χ1) is 16.0. The van der Waals surface area contributed by atoms with E-state index in [0.29, 0.717) is 0 Å². The molecule has 2 heterocycles. The lowest BCUT2D eigenvalue weighted by Gasteiger charge is -2.08. The molecule has 7 nitrogen and oxygen atoms in total. The molecule has 1 aliphatic rings. The number of nitrogens with one attached hydrogen (secondary N) is 2. The van der Waals surface area contributed by atoms with E-state index in [9.17, 15) is 13.2 Å². The van der Waals surface area contributed by atoms with Gasteiger partial charge in [0.1, 0.15) is 0 Å². The molecule has 8 heteroatoms. The summed E-state index contributed by atoms with van der Waals surface area (Å²) in [5, 5.41) is 5.03. The Labute approximate surface area is 192 Å². The molecule has 0 aliphatic heterocycles. The number of carbonyl (C=O) groups excluding carboxylic acids is 1. The topological polar surface area (TPSA) is 101 Å². The van der Waals surface area contributed by atoms with Gasteiger partial charge < -0.3 is 5.32 Å². The number of nitrogens with zero attached hydrogens (tertiary/aromatic N) is 2. The highest BCUT2D eigenvalue weighted by molar-refractivity contribution is 7.89. The summed E-state index contributed by atoms with van der Waals surface area (Å²) in [5.41, 5.74) is 2.50. The molecular weight excluding hydrogens is 436 g/mol. The third kappa shape index (κ3) is 4.76. The molecule has 2 aromatic carbocycles. The largest absolute Gasteiger partial charge is 0.326 e. The highest BCUT2D eigenvalue weighted by Crippen LogP contribution is 2.48. The van der Waals surface area contributed by atoms with Gasteiger partial charge in [-0.25, -0.2) is 13.1 Å². The molecule has 166 valence electrons. The van der Waals surface area contributed by atoms with Crippen molar-refractivity contribution in [1.82, 2.24) is 14.7 Å². The van der Waals surface area contributed by atoms with Gasteiger partial charge in [0.05, 0.1) is 4.90 Å². The first-order valence-corrected chi connectivity index (χ1v) is 12.1. The molecule has 2 aromatic heterocycles. The normalized spacial score (nSPS) is 17.6. The van der Waals surface area contributed by atoms with Crippen LogP contribution in [0.5, 0.6) is 0 Å². The summed E-state index contributed by atoms with van der Waals surface area (Å²) >= 11 is 0. The standard InChI is InChI=1S/C25H22N4O3S/c30-25(29-21-6-3-20-16-27-11-9-19(20)12-21)24-13-23(24)18-4-7-22(8-5-18)33(31,32)28-15-17-2-1-10-26-14-17/h1-12,14,16,23-24,28H,13,15H2,(H,29,30). The van der Waals surface area contributed by atoms with Gasteiger partial charge in [-0.1, -0.05) is 24.3 Å². The zero-order valence-corrected chi connectivity index (χ0v) is 18.5. The van der Waals surface area contributed by atoms with Crippen LogP contribution in [0.2, 0.25) is 0 Å². The van der Waals surface area contributed by atoms with Gasteiger partial charge >= 0.3 is 0 Å². The lowest BCUT2D eigenvalue weighted by Crippen LogP contribution is -2.23. The monoisotopic (exact) mass is 458 g/mol. The van der Waals surface area contributed by atoms with Crippen molar-refractivity contribution in [2.24, 2.45) is 5.92 Å². The molecule has 1 amide bonds. The van der Waals surface area contributed by atoms with Crippen LogP contribution in [-0.2, 0) is 21.4 Å². The average molecular weight is 459 g/mol. The number of fused-ring (bicyclic) bond motifs is 1. The number of carbonyl (C=O) groups is 1. The highest BCUT2D eigenvalue weighted by Gasteiger charge is 2.44. The highest BCUT2D eigenvalue weighted by atomic mass is 32.2. The quantitative estimate of drug-likeness (QED) is 0.438. The number of benzene rings is 2. The molecule has 0 bridgehead atoms. The minimum absolute atomic E-state index is 0.0248. The lowest BCUT2D eigenvalue weighted by molar-refractivity contribution is -0.117. The van der Waals surface area contributed by atoms with Gasteiger partial charge in [0, 0.05) is 48.3 Å². The number of anilines is 1. The van der Waals surface area contributed by atoms with Crippen molar-refractivity contribution in [3.8, 4) is 0 Å². The molecule has 4 aromatic rings.